The summed E-state index contributed by atoms with van der Waals surface area (Å²) >= 11 is 0. The molecule has 1 atom stereocenters. The first kappa shape index (κ1) is 23.2. The molecule has 2 amide bonds. The number of carbonyl (C=O) groups excluding carboxylic acids is 1. The maximum atomic E-state index is 12.4. The van der Waals surface area contributed by atoms with Crippen molar-refractivity contribution in [2.24, 2.45) is 0 Å². The topological polar surface area (TPSA) is 116 Å². The number of carbonyl (C=O) groups is 2. The second kappa shape index (κ2) is 11.8. The fourth-order valence-corrected chi connectivity index (χ4v) is 3.15. The summed E-state index contributed by atoms with van der Waals surface area (Å²) in [5.74, 6) is -0.294. The summed E-state index contributed by atoms with van der Waals surface area (Å²) in [6, 6.07) is 13.7. The number of aliphatic hydroxyl groups excluding tert-OH is 1. The van der Waals surface area contributed by atoms with Crippen molar-refractivity contribution in [3.05, 3.63) is 59.7 Å². The Morgan fingerprint density at radius 1 is 1.07 bits per heavy atom. The summed E-state index contributed by atoms with van der Waals surface area (Å²) in [4.78, 5) is 25.2. The van der Waals surface area contributed by atoms with Gasteiger partial charge in [-0.3, -0.25) is 4.79 Å². The summed E-state index contributed by atoms with van der Waals surface area (Å²) in [7, 11) is 0. The van der Waals surface area contributed by atoms with Crippen molar-refractivity contribution < 1.29 is 19.8 Å². The Bertz CT molecular complexity index is 823. The lowest BCUT2D eigenvalue weighted by Gasteiger charge is -2.22. The summed E-state index contributed by atoms with van der Waals surface area (Å²) < 4.78 is 0. The van der Waals surface area contributed by atoms with Gasteiger partial charge in [0.1, 0.15) is 0 Å². The average molecular weight is 414 g/mol. The van der Waals surface area contributed by atoms with Crippen molar-refractivity contribution in [2.45, 2.75) is 51.7 Å². The lowest BCUT2D eigenvalue weighted by atomic mass is 10.1. The number of carboxylic acid groups (broad SMARTS) is 1. The Labute approximate surface area is 177 Å². The Hall–Kier alpha value is -3.06. The molecule has 2 rings (SSSR count). The molecule has 0 bridgehead atoms. The van der Waals surface area contributed by atoms with Crippen molar-refractivity contribution >= 4 is 23.4 Å². The van der Waals surface area contributed by atoms with Crippen LogP contribution in [0.2, 0.25) is 0 Å². The van der Waals surface area contributed by atoms with Crippen molar-refractivity contribution in [1.82, 2.24) is 4.90 Å². The van der Waals surface area contributed by atoms with Gasteiger partial charge in [-0.25, -0.2) is 4.79 Å². The SMILES string of the molecule is CCCCCCC(O)CN(Cc1ccc(C(=O)Nc2ccccc2N)cc1)C(=O)O. The molecule has 1 unspecified atom stereocenters. The van der Waals surface area contributed by atoms with Gasteiger partial charge in [-0.2, -0.15) is 0 Å². The number of para-hydroxylation sites is 2. The molecule has 2 aromatic rings. The predicted octanol–water partition coefficient (Wildman–Crippen LogP) is 4.33. The molecule has 162 valence electrons. The lowest BCUT2D eigenvalue weighted by molar-refractivity contribution is 0.0875. The van der Waals surface area contributed by atoms with E-state index in [0.29, 0.717) is 23.4 Å². The number of nitrogens with zero attached hydrogens (tertiary/aromatic N) is 1. The average Bonchev–Trinajstić information content (AvgIpc) is 2.73. The molecule has 0 radical (unpaired) electrons. The highest BCUT2D eigenvalue weighted by Gasteiger charge is 2.17. The number of benzene rings is 2. The maximum absolute atomic E-state index is 12.4. The maximum Gasteiger partial charge on any atom is 0.407 e. The molecule has 0 aliphatic heterocycles. The van der Waals surface area contributed by atoms with Gasteiger partial charge in [0.2, 0.25) is 0 Å². The molecule has 30 heavy (non-hydrogen) atoms. The molecule has 2 aromatic carbocycles. The molecule has 0 aliphatic carbocycles. The van der Waals surface area contributed by atoms with E-state index in [9.17, 15) is 19.8 Å². The van der Waals surface area contributed by atoms with Crippen molar-refractivity contribution in [2.75, 3.05) is 17.6 Å². The van der Waals surface area contributed by atoms with Crippen LogP contribution >= 0.6 is 0 Å². The van der Waals surface area contributed by atoms with Crippen LogP contribution in [0.25, 0.3) is 0 Å². The van der Waals surface area contributed by atoms with E-state index in [-0.39, 0.29) is 19.0 Å². The number of anilines is 2. The fraction of sp³-hybridized carbons (Fsp3) is 0.391. The molecule has 7 nitrogen and oxygen atoms in total. The molecule has 0 fully saturated rings. The quantitative estimate of drug-likeness (QED) is 0.323. The van der Waals surface area contributed by atoms with E-state index in [4.69, 9.17) is 5.73 Å². The Kier molecular flexibility index (Phi) is 9.15. The molecular weight excluding hydrogens is 382 g/mol. The van der Waals surface area contributed by atoms with E-state index in [0.717, 1.165) is 31.2 Å². The van der Waals surface area contributed by atoms with Gasteiger partial charge in [-0.15, -0.1) is 0 Å². The first-order valence-corrected chi connectivity index (χ1v) is 10.3. The number of nitrogens with one attached hydrogen (secondary N) is 1. The van der Waals surface area contributed by atoms with E-state index < -0.39 is 12.2 Å². The van der Waals surface area contributed by atoms with E-state index in [2.05, 4.69) is 12.2 Å². The third-order valence-corrected chi connectivity index (χ3v) is 4.89. The van der Waals surface area contributed by atoms with E-state index in [1.165, 1.54) is 4.90 Å². The fourth-order valence-electron chi connectivity index (χ4n) is 3.15. The highest BCUT2D eigenvalue weighted by molar-refractivity contribution is 6.05. The van der Waals surface area contributed by atoms with Crippen LogP contribution in [0.5, 0.6) is 0 Å². The summed E-state index contributed by atoms with van der Waals surface area (Å²) in [6.07, 6.45) is 2.99. The standard InChI is InChI=1S/C23H31N3O4/c1-2-3-4-5-8-19(27)16-26(23(29)30)15-17-11-13-18(14-12-17)22(28)25-21-10-7-6-9-20(21)24/h6-7,9-14,19,27H,2-5,8,15-16,24H2,1H3,(H,25,28)(H,29,30). The minimum atomic E-state index is -1.08. The highest BCUT2D eigenvalue weighted by Crippen LogP contribution is 2.18. The van der Waals surface area contributed by atoms with Crippen LogP contribution in [-0.2, 0) is 6.54 Å². The Morgan fingerprint density at radius 3 is 2.40 bits per heavy atom. The van der Waals surface area contributed by atoms with Gasteiger partial charge in [0.05, 0.1) is 24.0 Å². The number of rotatable bonds is 11. The van der Waals surface area contributed by atoms with Gasteiger partial charge >= 0.3 is 6.09 Å². The molecule has 7 heteroatoms. The minimum Gasteiger partial charge on any atom is -0.465 e. The monoisotopic (exact) mass is 413 g/mol. The summed E-state index contributed by atoms with van der Waals surface area (Å²) in [5, 5.41) is 22.4. The third kappa shape index (κ3) is 7.40. The van der Waals surface area contributed by atoms with Crippen LogP contribution in [0.4, 0.5) is 16.2 Å². The van der Waals surface area contributed by atoms with Crippen molar-refractivity contribution in [3.8, 4) is 0 Å². The van der Waals surface area contributed by atoms with Crippen molar-refractivity contribution in [1.29, 1.82) is 0 Å². The minimum absolute atomic E-state index is 0.0664. The third-order valence-electron chi connectivity index (χ3n) is 4.89. The number of unbranched alkanes of at least 4 members (excludes halogenated alkanes) is 3. The zero-order valence-electron chi connectivity index (χ0n) is 17.4. The normalized spacial score (nSPS) is 11.7. The van der Waals surface area contributed by atoms with Gasteiger partial charge < -0.3 is 26.2 Å². The van der Waals surface area contributed by atoms with Crippen LogP contribution in [0.1, 0.15) is 54.9 Å². The van der Waals surface area contributed by atoms with Gasteiger partial charge in [-0.1, -0.05) is 56.9 Å². The zero-order valence-corrected chi connectivity index (χ0v) is 17.4. The predicted molar refractivity (Wildman–Crippen MR) is 118 cm³/mol. The number of amides is 2. The summed E-state index contributed by atoms with van der Waals surface area (Å²) in [6.45, 7) is 2.33. The van der Waals surface area contributed by atoms with Crippen molar-refractivity contribution in [3.63, 3.8) is 0 Å². The zero-order chi connectivity index (χ0) is 21.9. The molecule has 0 heterocycles. The molecule has 5 N–H and O–H groups in total. The van der Waals surface area contributed by atoms with E-state index >= 15 is 0 Å². The van der Waals surface area contributed by atoms with E-state index in [1.807, 2.05) is 0 Å². The van der Waals surface area contributed by atoms with Gasteiger partial charge in [-0.05, 0) is 36.2 Å². The Balaban J connectivity index is 1.92. The number of aliphatic hydroxyl groups is 1. The molecule has 0 aromatic heterocycles. The first-order valence-electron chi connectivity index (χ1n) is 10.3. The molecule has 0 aliphatic rings. The second-order valence-electron chi connectivity index (χ2n) is 7.40. The highest BCUT2D eigenvalue weighted by atomic mass is 16.4. The summed E-state index contributed by atoms with van der Waals surface area (Å²) in [5.41, 5.74) is 8.05. The molecular formula is C23H31N3O4. The number of nitrogens with two attached hydrogens (primary N) is 1. The van der Waals surface area contributed by atoms with Crippen LogP contribution in [0, 0.1) is 0 Å². The van der Waals surface area contributed by atoms with Crippen LogP contribution in [0.3, 0.4) is 0 Å². The number of nitrogen functional groups attached to an aromatic ring is 1. The first-order chi connectivity index (χ1) is 14.4. The number of hydrogen-bond donors (Lipinski definition) is 4. The lowest BCUT2D eigenvalue weighted by Crippen LogP contribution is -2.36. The molecule has 0 saturated heterocycles. The largest absolute Gasteiger partial charge is 0.465 e. The smallest absolute Gasteiger partial charge is 0.407 e. The second-order valence-corrected chi connectivity index (χ2v) is 7.40. The number of hydrogen-bond acceptors (Lipinski definition) is 4. The van der Waals surface area contributed by atoms with Crippen LogP contribution < -0.4 is 11.1 Å². The van der Waals surface area contributed by atoms with E-state index in [1.54, 1.807) is 48.5 Å². The Morgan fingerprint density at radius 2 is 1.77 bits per heavy atom. The van der Waals surface area contributed by atoms with Gasteiger partial charge in [0, 0.05) is 12.1 Å². The van der Waals surface area contributed by atoms with Crippen LogP contribution in [0.15, 0.2) is 48.5 Å². The van der Waals surface area contributed by atoms with Gasteiger partial charge in [0.25, 0.3) is 5.91 Å². The molecule has 0 saturated carbocycles. The van der Waals surface area contributed by atoms with Gasteiger partial charge in [0.15, 0.2) is 0 Å². The van der Waals surface area contributed by atoms with Crippen LogP contribution in [-0.4, -0.2) is 39.8 Å². The molecule has 0 spiro atoms.